The van der Waals surface area contributed by atoms with E-state index in [2.05, 4.69) is 0 Å². The summed E-state index contributed by atoms with van der Waals surface area (Å²) in [6.07, 6.45) is 1.79. The summed E-state index contributed by atoms with van der Waals surface area (Å²) in [6.45, 7) is 7.51. The van der Waals surface area contributed by atoms with E-state index in [1.807, 2.05) is 25.7 Å². The van der Waals surface area contributed by atoms with Crippen LogP contribution in [0.25, 0.3) is 0 Å². The van der Waals surface area contributed by atoms with Gasteiger partial charge >= 0.3 is 6.09 Å². The first-order chi connectivity index (χ1) is 9.26. The summed E-state index contributed by atoms with van der Waals surface area (Å²) < 4.78 is 5.36. The van der Waals surface area contributed by atoms with Gasteiger partial charge in [-0.2, -0.15) is 0 Å². The minimum Gasteiger partial charge on any atom is -0.444 e. The Morgan fingerprint density at radius 3 is 2.35 bits per heavy atom. The SMILES string of the molecule is CC(C)(C)OC(=O)N1CCC(N2CC(N)CC2=O)CC1. The lowest BCUT2D eigenvalue weighted by Crippen LogP contribution is -2.48. The van der Waals surface area contributed by atoms with E-state index in [4.69, 9.17) is 10.5 Å². The number of piperidine rings is 1. The van der Waals surface area contributed by atoms with E-state index in [1.165, 1.54) is 0 Å². The number of carbonyl (C=O) groups is 2. The van der Waals surface area contributed by atoms with E-state index in [1.54, 1.807) is 4.90 Å². The maximum atomic E-state index is 12.0. The summed E-state index contributed by atoms with van der Waals surface area (Å²) in [5, 5.41) is 0. The van der Waals surface area contributed by atoms with Crippen LogP contribution in [0.2, 0.25) is 0 Å². The van der Waals surface area contributed by atoms with Crippen molar-refractivity contribution in [2.24, 2.45) is 5.73 Å². The molecule has 2 N–H and O–H groups in total. The van der Waals surface area contributed by atoms with Crippen LogP contribution in [-0.2, 0) is 9.53 Å². The number of nitrogens with zero attached hydrogens (tertiary/aromatic N) is 2. The van der Waals surface area contributed by atoms with Crippen molar-refractivity contribution in [3.8, 4) is 0 Å². The molecule has 0 saturated carbocycles. The lowest BCUT2D eigenvalue weighted by molar-refractivity contribution is -0.130. The first-order valence-corrected chi connectivity index (χ1v) is 7.29. The predicted octanol–water partition coefficient (Wildman–Crippen LogP) is 0.945. The molecule has 0 aromatic heterocycles. The molecule has 1 atom stereocenters. The molecule has 0 bridgehead atoms. The molecule has 2 heterocycles. The van der Waals surface area contributed by atoms with Gasteiger partial charge in [-0.25, -0.2) is 4.79 Å². The number of likely N-dealkylation sites (tertiary alicyclic amines) is 2. The van der Waals surface area contributed by atoms with Crippen LogP contribution in [0.4, 0.5) is 4.79 Å². The molecule has 2 rings (SSSR count). The minimum atomic E-state index is -0.467. The maximum Gasteiger partial charge on any atom is 0.410 e. The number of rotatable bonds is 1. The van der Waals surface area contributed by atoms with Crippen molar-refractivity contribution in [1.29, 1.82) is 0 Å². The molecule has 0 aromatic carbocycles. The molecule has 0 aliphatic carbocycles. The van der Waals surface area contributed by atoms with Crippen molar-refractivity contribution in [2.75, 3.05) is 19.6 Å². The Morgan fingerprint density at radius 2 is 1.90 bits per heavy atom. The topological polar surface area (TPSA) is 75.9 Å². The van der Waals surface area contributed by atoms with Crippen molar-refractivity contribution in [3.05, 3.63) is 0 Å². The molecule has 114 valence electrons. The molecule has 0 aromatic rings. The highest BCUT2D eigenvalue weighted by atomic mass is 16.6. The first kappa shape index (κ1) is 15.1. The van der Waals surface area contributed by atoms with Crippen LogP contribution in [0.1, 0.15) is 40.0 Å². The van der Waals surface area contributed by atoms with Gasteiger partial charge in [0.25, 0.3) is 0 Å². The summed E-state index contributed by atoms with van der Waals surface area (Å²) in [7, 11) is 0. The van der Waals surface area contributed by atoms with Gasteiger partial charge in [0.15, 0.2) is 0 Å². The van der Waals surface area contributed by atoms with Gasteiger partial charge in [-0.1, -0.05) is 0 Å². The van der Waals surface area contributed by atoms with Crippen LogP contribution in [0.15, 0.2) is 0 Å². The Labute approximate surface area is 120 Å². The molecule has 2 saturated heterocycles. The number of nitrogens with two attached hydrogens (primary N) is 1. The standard InChI is InChI=1S/C14H25N3O3/c1-14(2,3)20-13(19)16-6-4-11(5-7-16)17-9-10(15)8-12(17)18/h10-11H,4-9,15H2,1-3H3. The number of amides is 2. The number of ether oxygens (including phenoxy) is 1. The van der Waals surface area contributed by atoms with Crippen molar-refractivity contribution in [2.45, 2.75) is 57.7 Å². The fourth-order valence-electron chi connectivity index (χ4n) is 2.80. The lowest BCUT2D eigenvalue weighted by atomic mass is 10.0. The Hall–Kier alpha value is -1.30. The van der Waals surface area contributed by atoms with Crippen LogP contribution in [0.5, 0.6) is 0 Å². The predicted molar refractivity (Wildman–Crippen MR) is 75.1 cm³/mol. The Bertz CT molecular complexity index is 384. The van der Waals surface area contributed by atoms with E-state index in [0.717, 1.165) is 12.8 Å². The molecule has 0 radical (unpaired) electrons. The summed E-state index contributed by atoms with van der Waals surface area (Å²) in [5.41, 5.74) is 5.35. The molecule has 2 amide bonds. The molecule has 2 aliphatic rings. The van der Waals surface area contributed by atoms with E-state index < -0.39 is 5.60 Å². The van der Waals surface area contributed by atoms with Crippen LogP contribution in [0, 0.1) is 0 Å². The Balaban J connectivity index is 1.83. The smallest absolute Gasteiger partial charge is 0.410 e. The zero-order chi connectivity index (χ0) is 14.9. The van der Waals surface area contributed by atoms with Crippen molar-refractivity contribution in [3.63, 3.8) is 0 Å². The van der Waals surface area contributed by atoms with Gasteiger partial charge in [0.2, 0.25) is 5.91 Å². The Kier molecular flexibility index (Phi) is 4.22. The van der Waals surface area contributed by atoms with Crippen LogP contribution in [-0.4, -0.2) is 59.1 Å². The molecule has 2 fully saturated rings. The molecule has 2 aliphatic heterocycles. The van der Waals surface area contributed by atoms with Gasteiger partial charge in [0.1, 0.15) is 5.60 Å². The number of carbonyl (C=O) groups excluding carboxylic acids is 2. The highest BCUT2D eigenvalue weighted by Crippen LogP contribution is 2.22. The fourth-order valence-corrected chi connectivity index (χ4v) is 2.80. The lowest BCUT2D eigenvalue weighted by Gasteiger charge is -2.37. The maximum absolute atomic E-state index is 12.0. The second-order valence-electron chi connectivity index (χ2n) is 6.71. The van der Waals surface area contributed by atoms with Crippen LogP contribution >= 0.6 is 0 Å². The molecular formula is C14H25N3O3. The average Bonchev–Trinajstić information content (AvgIpc) is 2.66. The first-order valence-electron chi connectivity index (χ1n) is 7.29. The Morgan fingerprint density at radius 1 is 1.30 bits per heavy atom. The normalized spacial score (nSPS) is 25.2. The highest BCUT2D eigenvalue weighted by molar-refractivity contribution is 5.79. The van der Waals surface area contributed by atoms with Crippen molar-refractivity contribution in [1.82, 2.24) is 9.80 Å². The van der Waals surface area contributed by atoms with E-state index in [-0.39, 0.29) is 24.1 Å². The third kappa shape index (κ3) is 3.62. The van der Waals surface area contributed by atoms with E-state index in [0.29, 0.717) is 26.1 Å². The fraction of sp³-hybridized carbons (Fsp3) is 0.857. The molecule has 0 spiro atoms. The average molecular weight is 283 g/mol. The van der Waals surface area contributed by atoms with Gasteiger partial charge in [-0.05, 0) is 33.6 Å². The molecule has 1 unspecified atom stereocenters. The second kappa shape index (κ2) is 5.60. The van der Waals surface area contributed by atoms with Crippen LogP contribution in [0.3, 0.4) is 0 Å². The molecule has 20 heavy (non-hydrogen) atoms. The molecule has 6 nitrogen and oxygen atoms in total. The largest absolute Gasteiger partial charge is 0.444 e. The summed E-state index contributed by atoms with van der Waals surface area (Å²) in [5.74, 6) is 0.146. The van der Waals surface area contributed by atoms with Crippen LogP contribution < -0.4 is 5.73 Å². The van der Waals surface area contributed by atoms with Gasteiger partial charge in [-0.15, -0.1) is 0 Å². The number of hydrogen-bond acceptors (Lipinski definition) is 4. The summed E-state index contributed by atoms with van der Waals surface area (Å²) >= 11 is 0. The van der Waals surface area contributed by atoms with E-state index in [9.17, 15) is 9.59 Å². The quantitative estimate of drug-likeness (QED) is 0.777. The molecule has 6 heteroatoms. The zero-order valence-electron chi connectivity index (χ0n) is 12.6. The van der Waals surface area contributed by atoms with Gasteiger partial charge in [0.05, 0.1) is 0 Å². The monoisotopic (exact) mass is 283 g/mol. The second-order valence-corrected chi connectivity index (χ2v) is 6.71. The third-order valence-electron chi connectivity index (χ3n) is 3.75. The van der Waals surface area contributed by atoms with Gasteiger partial charge < -0.3 is 20.3 Å². The van der Waals surface area contributed by atoms with E-state index >= 15 is 0 Å². The van der Waals surface area contributed by atoms with Gasteiger partial charge in [-0.3, -0.25) is 4.79 Å². The number of hydrogen-bond donors (Lipinski definition) is 1. The summed E-state index contributed by atoms with van der Waals surface area (Å²) in [6, 6.07) is 0.182. The third-order valence-corrected chi connectivity index (χ3v) is 3.75. The zero-order valence-corrected chi connectivity index (χ0v) is 12.6. The van der Waals surface area contributed by atoms with Crippen molar-refractivity contribution < 1.29 is 14.3 Å². The summed E-state index contributed by atoms with van der Waals surface area (Å²) in [4.78, 5) is 27.4. The van der Waals surface area contributed by atoms with Gasteiger partial charge in [0, 0.05) is 38.1 Å². The molecular weight excluding hydrogens is 258 g/mol. The van der Waals surface area contributed by atoms with Crippen molar-refractivity contribution >= 4 is 12.0 Å². The minimum absolute atomic E-state index is 0.0358. The highest BCUT2D eigenvalue weighted by Gasteiger charge is 2.35.